The molecule has 0 aliphatic rings. The van der Waals surface area contributed by atoms with Gasteiger partial charge < -0.3 is 29.4 Å². The first-order chi connectivity index (χ1) is 17.7. The zero-order valence-corrected chi connectivity index (χ0v) is 23.8. The number of rotatable bonds is 14. The molecule has 0 bridgehead atoms. The summed E-state index contributed by atoms with van der Waals surface area (Å²) in [6.07, 6.45) is -1.07. The maximum absolute atomic E-state index is 12.7. The smallest absolute Gasteiger partial charge is 0.468 e. The van der Waals surface area contributed by atoms with Crippen LogP contribution >= 0.6 is 0 Å². The zero-order chi connectivity index (χ0) is 29.0. The molecule has 214 valence electrons. The van der Waals surface area contributed by atoms with E-state index in [9.17, 15) is 19.2 Å². The SMILES string of the molecule is CC[C@H](C)OC(=O)O[C@@H](C)CC(N)(Cc1ccc(OC(=O)CC(C)C)c(OC(=O)CC(C)C)c1)C(=O)OC. The van der Waals surface area contributed by atoms with E-state index in [1.54, 1.807) is 19.9 Å². The van der Waals surface area contributed by atoms with Gasteiger partial charge in [-0.05, 0) is 49.8 Å². The lowest BCUT2D eigenvalue weighted by atomic mass is 9.86. The molecule has 1 aromatic rings. The Kier molecular flexibility index (Phi) is 13.3. The third kappa shape index (κ3) is 11.5. The van der Waals surface area contributed by atoms with E-state index in [-0.39, 0.29) is 55.1 Å². The normalized spacial score (nSPS) is 14.3. The van der Waals surface area contributed by atoms with Crippen molar-refractivity contribution in [3.05, 3.63) is 23.8 Å². The monoisotopic (exact) mass is 537 g/mol. The quantitative estimate of drug-likeness (QED) is 0.261. The van der Waals surface area contributed by atoms with Crippen molar-refractivity contribution in [2.75, 3.05) is 7.11 Å². The van der Waals surface area contributed by atoms with Crippen LogP contribution < -0.4 is 15.2 Å². The molecule has 38 heavy (non-hydrogen) atoms. The molecule has 0 spiro atoms. The number of carbonyl (C=O) groups is 4. The lowest BCUT2D eigenvalue weighted by Crippen LogP contribution is -2.53. The Balaban J connectivity index is 3.21. The summed E-state index contributed by atoms with van der Waals surface area (Å²) in [6, 6.07) is 4.61. The molecule has 0 saturated heterocycles. The standard InChI is InChI=1S/C28H43NO9/c1-9-19(6)35-27(33)36-20(7)15-28(29,26(32)34-8)16-21-10-11-22(37-24(30)12-17(2)3)23(14-21)38-25(31)13-18(4)5/h10-11,14,17-20H,9,12-13,15-16,29H2,1-8H3/t19-,20-,28?/m0/s1. The number of carbonyl (C=O) groups excluding carboxylic acids is 4. The Labute approximate surface area is 225 Å². The van der Waals surface area contributed by atoms with Crippen LogP contribution in [-0.4, -0.2) is 48.9 Å². The molecule has 0 aliphatic heterocycles. The fourth-order valence-electron chi connectivity index (χ4n) is 3.61. The van der Waals surface area contributed by atoms with Crippen LogP contribution in [0.15, 0.2) is 18.2 Å². The van der Waals surface area contributed by atoms with Gasteiger partial charge >= 0.3 is 24.1 Å². The number of methoxy groups -OCH3 is 1. The van der Waals surface area contributed by atoms with Gasteiger partial charge in [0, 0.05) is 25.7 Å². The minimum Gasteiger partial charge on any atom is -0.468 e. The van der Waals surface area contributed by atoms with Gasteiger partial charge in [0.25, 0.3) is 0 Å². The highest BCUT2D eigenvalue weighted by atomic mass is 16.7. The van der Waals surface area contributed by atoms with Gasteiger partial charge in [-0.2, -0.15) is 0 Å². The second-order valence-corrected chi connectivity index (χ2v) is 10.5. The summed E-state index contributed by atoms with van der Waals surface area (Å²) in [7, 11) is 1.21. The van der Waals surface area contributed by atoms with Crippen molar-refractivity contribution in [1.82, 2.24) is 0 Å². The van der Waals surface area contributed by atoms with Crippen molar-refractivity contribution in [3.63, 3.8) is 0 Å². The summed E-state index contributed by atoms with van der Waals surface area (Å²) in [5, 5.41) is 0. The van der Waals surface area contributed by atoms with Crippen LogP contribution in [-0.2, 0) is 35.0 Å². The van der Waals surface area contributed by atoms with Crippen molar-refractivity contribution in [2.24, 2.45) is 17.6 Å². The molecule has 0 saturated carbocycles. The lowest BCUT2D eigenvalue weighted by molar-refractivity contribution is -0.148. The van der Waals surface area contributed by atoms with Crippen LogP contribution in [0.4, 0.5) is 4.79 Å². The zero-order valence-electron chi connectivity index (χ0n) is 23.8. The highest BCUT2D eigenvalue weighted by molar-refractivity contribution is 5.81. The van der Waals surface area contributed by atoms with E-state index in [1.807, 2.05) is 34.6 Å². The van der Waals surface area contributed by atoms with Gasteiger partial charge in [-0.3, -0.25) is 14.4 Å². The second kappa shape index (κ2) is 15.3. The summed E-state index contributed by atoms with van der Waals surface area (Å²) < 4.78 is 26.3. The van der Waals surface area contributed by atoms with E-state index in [0.717, 1.165) is 0 Å². The molecule has 0 radical (unpaired) electrons. The second-order valence-electron chi connectivity index (χ2n) is 10.5. The van der Waals surface area contributed by atoms with Crippen molar-refractivity contribution in [3.8, 4) is 11.5 Å². The predicted octanol–water partition coefficient (Wildman–Crippen LogP) is 4.73. The maximum Gasteiger partial charge on any atom is 0.508 e. The van der Waals surface area contributed by atoms with E-state index in [2.05, 4.69) is 0 Å². The third-order valence-corrected chi connectivity index (χ3v) is 5.54. The summed E-state index contributed by atoms with van der Waals surface area (Å²) in [5.41, 5.74) is 5.41. The molecule has 0 fully saturated rings. The van der Waals surface area contributed by atoms with E-state index >= 15 is 0 Å². The Bertz CT molecular complexity index is 960. The Morgan fingerprint density at radius 3 is 1.87 bits per heavy atom. The van der Waals surface area contributed by atoms with Gasteiger partial charge in [0.05, 0.1) is 7.11 Å². The van der Waals surface area contributed by atoms with Crippen LogP contribution in [0.2, 0.25) is 0 Å². The van der Waals surface area contributed by atoms with Crippen molar-refractivity contribution in [2.45, 2.75) is 98.3 Å². The molecule has 0 aromatic heterocycles. The lowest BCUT2D eigenvalue weighted by Gasteiger charge is -2.29. The van der Waals surface area contributed by atoms with Gasteiger partial charge in [0.1, 0.15) is 17.7 Å². The number of nitrogens with two attached hydrogens (primary N) is 1. The summed E-state index contributed by atoms with van der Waals surface area (Å²) >= 11 is 0. The minimum absolute atomic E-state index is 0.0390. The van der Waals surface area contributed by atoms with Gasteiger partial charge in [-0.15, -0.1) is 0 Å². The average Bonchev–Trinajstić information content (AvgIpc) is 2.78. The van der Waals surface area contributed by atoms with Gasteiger partial charge in [0.2, 0.25) is 0 Å². The Hall–Kier alpha value is -3.14. The van der Waals surface area contributed by atoms with Crippen LogP contribution in [0.1, 0.15) is 79.7 Å². The molecule has 1 aromatic carbocycles. The molecular formula is C28H43NO9. The molecule has 2 N–H and O–H groups in total. The molecule has 10 nitrogen and oxygen atoms in total. The van der Waals surface area contributed by atoms with Crippen LogP contribution in [0.5, 0.6) is 11.5 Å². The van der Waals surface area contributed by atoms with Crippen molar-refractivity contribution >= 4 is 24.1 Å². The molecule has 1 rings (SSSR count). The van der Waals surface area contributed by atoms with Crippen LogP contribution in [0, 0.1) is 11.8 Å². The molecule has 10 heteroatoms. The number of benzene rings is 1. The summed E-state index contributed by atoms with van der Waals surface area (Å²) in [4.78, 5) is 49.4. The van der Waals surface area contributed by atoms with Gasteiger partial charge in [-0.25, -0.2) is 4.79 Å². The topological polar surface area (TPSA) is 140 Å². The Morgan fingerprint density at radius 2 is 1.37 bits per heavy atom. The molecular weight excluding hydrogens is 494 g/mol. The molecule has 0 amide bonds. The largest absolute Gasteiger partial charge is 0.508 e. The number of hydrogen-bond acceptors (Lipinski definition) is 10. The number of esters is 3. The Morgan fingerprint density at radius 1 is 0.842 bits per heavy atom. The van der Waals surface area contributed by atoms with E-state index < -0.39 is 35.7 Å². The van der Waals surface area contributed by atoms with E-state index in [4.69, 9.17) is 29.4 Å². The first-order valence-electron chi connectivity index (χ1n) is 13.0. The molecule has 0 heterocycles. The highest BCUT2D eigenvalue weighted by Gasteiger charge is 2.38. The predicted molar refractivity (Wildman–Crippen MR) is 141 cm³/mol. The first kappa shape index (κ1) is 32.9. The van der Waals surface area contributed by atoms with Crippen LogP contribution in [0.3, 0.4) is 0 Å². The summed E-state index contributed by atoms with van der Waals surface area (Å²) in [5.74, 6) is -1.41. The van der Waals surface area contributed by atoms with E-state index in [0.29, 0.717) is 12.0 Å². The van der Waals surface area contributed by atoms with Gasteiger partial charge in [0.15, 0.2) is 11.5 Å². The molecule has 1 unspecified atom stereocenters. The van der Waals surface area contributed by atoms with Crippen molar-refractivity contribution in [1.29, 1.82) is 0 Å². The first-order valence-corrected chi connectivity index (χ1v) is 13.0. The fraction of sp³-hybridized carbons (Fsp3) is 0.643. The molecule has 0 aliphatic carbocycles. The number of ether oxygens (including phenoxy) is 5. The van der Waals surface area contributed by atoms with E-state index in [1.165, 1.54) is 19.2 Å². The van der Waals surface area contributed by atoms with Crippen LogP contribution in [0.25, 0.3) is 0 Å². The fourth-order valence-corrected chi connectivity index (χ4v) is 3.61. The van der Waals surface area contributed by atoms with Crippen molar-refractivity contribution < 1.29 is 42.9 Å². The molecule has 3 atom stereocenters. The third-order valence-electron chi connectivity index (χ3n) is 5.54. The average molecular weight is 538 g/mol. The highest BCUT2D eigenvalue weighted by Crippen LogP contribution is 2.32. The number of hydrogen-bond donors (Lipinski definition) is 1. The van der Waals surface area contributed by atoms with Gasteiger partial charge in [-0.1, -0.05) is 40.7 Å². The summed E-state index contributed by atoms with van der Waals surface area (Å²) in [6.45, 7) is 12.7. The minimum atomic E-state index is -1.58. The maximum atomic E-state index is 12.7.